The van der Waals surface area contributed by atoms with Gasteiger partial charge < -0.3 is 20.1 Å². The second-order valence-corrected chi connectivity index (χ2v) is 4.17. The summed E-state index contributed by atoms with van der Waals surface area (Å²) in [6.07, 6.45) is 0. The quantitative estimate of drug-likeness (QED) is 0.280. The number of benzene rings is 1. The molecule has 2 rings (SSSR count). The van der Waals surface area contributed by atoms with Crippen molar-refractivity contribution in [2.75, 3.05) is 26.3 Å². The summed E-state index contributed by atoms with van der Waals surface area (Å²) in [6, 6.07) is 8.37. The van der Waals surface area contributed by atoms with Gasteiger partial charge in [-0.15, -0.1) is 0 Å². The first-order chi connectivity index (χ1) is 9.77. The van der Waals surface area contributed by atoms with Crippen molar-refractivity contribution in [2.24, 2.45) is 10.3 Å². The molecule has 0 spiro atoms. The zero-order chi connectivity index (χ0) is 14.4. The zero-order valence-corrected chi connectivity index (χ0v) is 10.8. The Hall–Kier alpha value is -2.41. The second-order valence-electron chi connectivity index (χ2n) is 4.17. The van der Waals surface area contributed by atoms with Gasteiger partial charge >= 0.3 is 0 Å². The lowest BCUT2D eigenvalue weighted by atomic mass is 10.1. The number of hydrogen-bond acceptors (Lipinski definition) is 6. The van der Waals surface area contributed by atoms with E-state index < -0.39 is 5.78 Å². The highest BCUT2D eigenvalue weighted by atomic mass is 16.5. The Balaban J connectivity index is 2.24. The van der Waals surface area contributed by atoms with E-state index in [1.54, 1.807) is 35.2 Å². The van der Waals surface area contributed by atoms with Crippen LogP contribution >= 0.6 is 0 Å². The molecular formula is C13H15N3O4. The highest BCUT2D eigenvalue weighted by Crippen LogP contribution is 2.07. The molecule has 1 saturated heterocycles. The Morgan fingerprint density at radius 2 is 1.75 bits per heavy atom. The van der Waals surface area contributed by atoms with Gasteiger partial charge in [0.15, 0.2) is 5.71 Å². The van der Waals surface area contributed by atoms with Crippen LogP contribution in [0.4, 0.5) is 0 Å². The van der Waals surface area contributed by atoms with Crippen molar-refractivity contribution in [1.29, 1.82) is 0 Å². The van der Waals surface area contributed by atoms with Crippen LogP contribution in [0.15, 0.2) is 40.6 Å². The number of amidine groups is 1. The summed E-state index contributed by atoms with van der Waals surface area (Å²) < 4.78 is 5.19. The van der Waals surface area contributed by atoms with Gasteiger partial charge in [0.2, 0.25) is 11.6 Å². The summed E-state index contributed by atoms with van der Waals surface area (Å²) in [7, 11) is 0. The minimum Gasteiger partial charge on any atom is -0.410 e. The van der Waals surface area contributed by atoms with E-state index in [1.807, 2.05) is 0 Å². The van der Waals surface area contributed by atoms with Crippen LogP contribution in [0.25, 0.3) is 0 Å². The first-order valence-electron chi connectivity index (χ1n) is 6.15. The summed E-state index contributed by atoms with van der Waals surface area (Å²) >= 11 is 0. The molecule has 0 aliphatic carbocycles. The van der Waals surface area contributed by atoms with Crippen molar-refractivity contribution in [3.8, 4) is 0 Å². The number of carbonyl (C=O) groups is 1. The lowest BCUT2D eigenvalue weighted by Crippen LogP contribution is -2.46. The maximum Gasteiger partial charge on any atom is 0.218 e. The molecule has 0 amide bonds. The topological polar surface area (TPSA) is 94.7 Å². The molecule has 1 aromatic rings. The van der Waals surface area contributed by atoms with Gasteiger partial charge in [0.05, 0.1) is 13.2 Å². The Morgan fingerprint density at radius 3 is 2.30 bits per heavy atom. The van der Waals surface area contributed by atoms with Gasteiger partial charge in [-0.3, -0.25) is 4.79 Å². The highest BCUT2D eigenvalue weighted by Gasteiger charge is 2.27. The molecule has 7 heteroatoms. The third kappa shape index (κ3) is 2.94. The fourth-order valence-corrected chi connectivity index (χ4v) is 1.95. The molecule has 0 saturated carbocycles. The number of rotatable bonds is 3. The molecule has 0 aromatic heterocycles. The van der Waals surface area contributed by atoms with Crippen LogP contribution in [-0.2, 0) is 4.74 Å². The van der Waals surface area contributed by atoms with Gasteiger partial charge in [0.25, 0.3) is 0 Å². The van der Waals surface area contributed by atoms with Crippen LogP contribution in [0.5, 0.6) is 0 Å². The van der Waals surface area contributed by atoms with E-state index in [4.69, 9.17) is 15.2 Å². The number of morpholine rings is 1. The van der Waals surface area contributed by atoms with Crippen LogP contribution < -0.4 is 0 Å². The van der Waals surface area contributed by atoms with E-state index in [-0.39, 0.29) is 11.5 Å². The first kappa shape index (κ1) is 14.0. The molecule has 2 N–H and O–H groups in total. The number of ether oxygens (including phenoxy) is 1. The molecular weight excluding hydrogens is 262 g/mol. The van der Waals surface area contributed by atoms with Gasteiger partial charge in [-0.05, 0) is 0 Å². The van der Waals surface area contributed by atoms with E-state index >= 15 is 0 Å². The average molecular weight is 277 g/mol. The molecule has 106 valence electrons. The van der Waals surface area contributed by atoms with Crippen molar-refractivity contribution < 1.29 is 19.9 Å². The Bertz CT molecular complexity index is 522. The number of hydrogen-bond donors (Lipinski definition) is 2. The fraction of sp³-hybridized carbons (Fsp3) is 0.308. The maximum absolute atomic E-state index is 12.3. The minimum atomic E-state index is -0.507. The summed E-state index contributed by atoms with van der Waals surface area (Å²) in [4.78, 5) is 13.9. The molecule has 1 aliphatic heterocycles. The van der Waals surface area contributed by atoms with E-state index in [9.17, 15) is 4.79 Å². The van der Waals surface area contributed by atoms with E-state index in [1.165, 1.54) is 0 Å². The van der Waals surface area contributed by atoms with Crippen LogP contribution in [0.3, 0.4) is 0 Å². The normalized spacial score (nSPS) is 17.1. The number of Topliss-reactive ketones (excluding diaryl/α,β-unsaturated/α-hetero) is 1. The number of oxime groups is 2. The molecule has 1 aliphatic rings. The molecule has 0 unspecified atom stereocenters. The number of ketones is 1. The zero-order valence-electron chi connectivity index (χ0n) is 10.8. The van der Waals surface area contributed by atoms with E-state index in [2.05, 4.69) is 10.3 Å². The molecule has 7 nitrogen and oxygen atoms in total. The predicted octanol–water partition coefficient (Wildman–Crippen LogP) is 0.819. The Labute approximate surface area is 115 Å². The molecule has 1 heterocycles. The summed E-state index contributed by atoms with van der Waals surface area (Å²) in [6.45, 7) is 1.83. The van der Waals surface area contributed by atoms with Gasteiger partial charge in [0, 0.05) is 18.7 Å². The van der Waals surface area contributed by atoms with E-state index in [0.717, 1.165) is 0 Å². The standard InChI is InChI=1S/C13H15N3O4/c17-12(10-4-2-1-3-5-10)11(14-18)13(15-19)16-6-8-20-9-7-16/h1-5,18-19H,6-9H2/b14-11+,15-13-. The molecule has 0 bridgehead atoms. The number of carbonyl (C=O) groups excluding carboxylic acids is 1. The maximum atomic E-state index is 12.3. The van der Waals surface area contributed by atoms with Crippen molar-refractivity contribution in [3.63, 3.8) is 0 Å². The van der Waals surface area contributed by atoms with Crippen LogP contribution in [0.2, 0.25) is 0 Å². The van der Waals surface area contributed by atoms with Crippen LogP contribution in [0, 0.1) is 0 Å². The monoisotopic (exact) mass is 277 g/mol. The molecule has 1 aromatic carbocycles. The van der Waals surface area contributed by atoms with E-state index in [0.29, 0.717) is 31.9 Å². The Kier molecular flexibility index (Phi) is 4.67. The van der Waals surface area contributed by atoms with Gasteiger partial charge in [-0.25, -0.2) is 0 Å². The van der Waals surface area contributed by atoms with Crippen molar-refractivity contribution in [1.82, 2.24) is 4.90 Å². The van der Waals surface area contributed by atoms with Gasteiger partial charge in [-0.1, -0.05) is 40.6 Å². The molecule has 20 heavy (non-hydrogen) atoms. The third-order valence-corrected chi connectivity index (χ3v) is 2.97. The van der Waals surface area contributed by atoms with Gasteiger partial charge in [0.1, 0.15) is 0 Å². The predicted molar refractivity (Wildman–Crippen MR) is 71.6 cm³/mol. The summed E-state index contributed by atoms with van der Waals surface area (Å²) in [5.74, 6) is -0.558. The van der Waals surface area contributed by atoms with Gasteiger partial charge in [-0.2, -0.15) is 0 Å². The average Bonchev–Trinajstić information content (AvgIpc) is 2.53. The molecule has 1 fully saturated rings. The van der Waals surface area contributed by atoms with Crippen LogP contribution in [0.1, 0.15) is 10.4 Å². The fourth-order valence-electron chi connectivity index (χ4n) is 1.95. The molecule has 0 atom stereocenters. The third-order valence-electron chi connectivity index (χ3n) is 2.97. The lowest BCUT2D eigenvalue weighted by molar-refractivity contribution is 0.0672. The smallest absolute Gasteiger partial charge is 0.218 e. The summed E-state index contributed by atoms with van der Waals surface area (Å²) in [5.41, 5.74) is 0.0651. The SMILES string of the molecule is O=C(C(=N\O)/C(=N/O)N1CCOCC1)c1ccccc1. The minimum absolute atomic E-state index is 0.0512. The molecule has 0 radical (unpaired) electrons. The van der Waals surface area contributed by atoms with Crippen molar-refractivity contribution in [3.05, 3.63) is 35.9 Å². The second kappa shape index (κ2) is 6.67. The first-order valence-corrected chi connectivity index (χ1v) is 6.15. The highest BCUT2D eigenvalue weighted by molar-refractivity contribution is 6.69. The number of nitrogens with zero attached hydrogens (tertiary/aromatic N) is 3. The lowest BCUT2D eigenvalue weighted by Gasteiger charge is -2.28. The largest absolute Gasteiger partial charge is 0.410 e. The van der Waals surface area contributed by atoms with Crippen molar-refractivity contribution in [2.45, 2.75) is 0 Å². The van der Waals surface area contributed by atoms with Crippen molar-refractivity contribution >= 4 is 17.3 Å². The Morgan fingerprint density at radius 1 is 1.10 bits per heavy atom. The van der Waals surface area contributed by atoms with Crippen LogP contribution in [-0.4, -0.2) is 58.9 Å². The summed E-state index contributed by atoms with van der Waals surface area (Å²) in [5, 5.41) is 24.4.